The van der Waals surface area contributed by atoms with Gasteiger partial charge in [0, 0.05) is 12.6 Å². The maximum atomic E-state index is 12.0. The van der Waals surface area contributed by atoms with E-state index < -0.39 is 12.1 Å². The van der Waals surface area contributed by atoms with Gasteiger partial charge in [-0.3, -0.25) is 4.79 Å². The van der Waals surface area contributed by atoms with Crippen molar-refractivity contribution in [3.05, 3.63) is 0 Å². The Morgan fingerprint density at radius 3 is 2.25 bits per heavy atom. The number of aliphatic hydroxyl groups is 1. The van der Waals surface area contributed by atoms with Crippen molar-refractivity contribution in [3.8, 4) is 0 Å². The fraction of sp³-hybridized carbons (Fsp3) is 0.950. The highest BCUT2D eigenvalue weighted by Gasteiger charge is 2.26. The van der Waals surface area contributed by atoms with Gasteiger partial charge in [0.05, 0.1) is 0 Å². The molecular weight excluding hydrogens is 300 g/mol. The molecule has 1 rings (SSSR count). The summed E-state index contributed by atoms with van der Waals surface area (Å²) in [5.74, 6) is 0.296. The molecule has 1 aliphatic carbocycles. The van der Waals surface area contributed by atoms with Crippen LogP contribution in [0.15, 0.2) is 0 Å². The third-order valence-corrected chi connectivity index (χ3v) is 5.33. The fourth-order valence-electron chi connectivity index (χ4n) is 3.71. The van der Waals surface area contributed by atoms with Crippen LogP contribution in [0.2, 0.25) is 0 Å². The summed E-state index contributed by atoms with van der Waals surface area (Å²) < 4.78 is 0. The van der Waals surface area contributed by atoms with Gasteiger partial charge in [0.15, 0.2) is 0 Å². The van der Waals surface area contributed by atoms with Crippen LogP contribution in [0.4, 0.5) is 0 Å². The Morgan fingerprint density at radius 1 is 1.04 bits per heavy atom. The zero-order chi connectivity index (χ0) is 17.6. The lowest BCUT2D eigenvalue weighted by molar-refractivity contribution is -0.130. The minimum atomic E-state index is -1.05. The van der Waals surface area contributed by atoms with Gasteiger partial charge in [-0.15, -0.1) is 0 Å². The average Bonchev–Trinajstić information content (AvgIpc) is 2.60. The highest BCUT2D eigenvalue weighted by molar-refractivity contribution is 5.81. The van der Waals surface area contributed by atoms with Gasteiger partial charge in [-0.1, -0.05) is 84.0 Å². The molecule has 142 valence electrons. The van der Waals surface area contributed by atoms with Crippen molar-refractivity contribution < 1.29 is 9.90 Å². The normalized spacial score (nSPS) is 18.3. The van der Waals surface area contributed by atoms with E-state index in [0.29, 0.717) is 12.5 Å². The summed E-state index contributed by atoms with van der Waals surface area (Å²) in [6, 6.07) is -0.424. The largest absolute Gasteiger partial charge is 0.382 e. The van der Waals surface area contributed by atoms with E-state index in [1.165, 1.54) is 70.6 Å². The van der Waals surface area contributed by atoms with Crippen molar-refractivity contribution in [2.24, 2.45) is 11.7 Å². The standard InChI is InChI=1S/C20H40N2O2/c1-2-3-4-5-6-7-8-12-15-22-20(24)19(23)18(21)16-17-13-10-9-11-14-17/h17-19,23H,2-16,21H2,1H3,(H,22,24)/t18-,19+/m1/s1. The molecule has 1 saturated carbocycles. The van der Waals surface area contributed by atoms with Crippen molar-refractivity contribution in [1.29, 1.82) is 0 Å². The molecular formula is C20H40N2O2. The van der Waals surface area contributed by atoms with Gasteiger partial charge in [-0.2, -0.15) is 0 Å². The highest BCUT2D eigenvalue weighted by Crippen LogP contribution is 2.27. The molecule has 0 saturated heterocycles. The number of amides is 1. The molecule has 1 aliphatic rings. The molecule has 2 atom stereocenters. The Kier molecular flexibility index (Phi) is 12.2. The number of nitrogens with one attached hydrogen (secondary N) is 1. The zero-order valence-corrected chi connectivity index (χ0v) is 15.8. The lowest BCUT2D eigenvalue weighted by atomic mass is 9.84. The van der Waals surface area contributed by atoms with E-state index in [0.717, 1.165) is 19.3 Å². The van der Waals surface area contributed by atoms with Crippen LogP contribution in [-0.2, 0) is 4.79 Å². The summed E-state index contributed by atoms with van der Waals surface area (Å²) in [4.78, 5) is 12.0. The molecule has 4 nitrogen and oxygen atoms in total. The predicted octanol–water partition coefficient (Wildman–Crippen LogP) is 3.90. The molecule has 24 heavy (non-hydrogen) atoms. The minimum absolute atomic E-state index is 0.291. The number of hydrogen-bond acceptors (Lipinski definition) is 3. The SMILES string of the molecule is CCCCCCCCCCNC(=O)[C@@H](O)[C@H](N)CC1CCCCC1. The molecule has 0 bridgehead atoms. The highest BCUT2D eigenvalue weighted by atomic mass is 16.3. The summed E-state index contributed by atoms with van der Waals surface area (Å²) in [7, 11) is 0. The van der Waals surface area contributed by atoms with Gasteiger partial charge in [0.25, 0.3) is 0 Å². The Morgan fingerprint density at radius 2 is 1.62 bits per heavy atom. The fourth-order valence-corrected chi connectivity index (χ4v) is 3.71. The van der Waals surface area contributed by atoms with Crippen LogP contribution < -0.4 is 11.1 Å². The first kappa shape index (κ1) is 21.4. The number of carbonyl (C=O) groups is 1. The Labute approximate surface area is 149 Å². The van der Waals surface area contributed by atoms with Crippen molar-refractivity contribution in [2.45, 2.75) is 109 Å². The minimum Gasteiger partial charge on any atom is -0.382 e. The Balaban J connectivity index is 2.02. The summed E-state index contributed by atoms with van der Waals surface area (Å²) >= 11 is 0. The monoisotopic (exact) mass is 340 g/mol. The Bertz CT molecular complexity index is 317. The molecule has 0 heterocycles. The van der Waals surface area contributed by atoms with E-state index in [2.05, 4.69) is 12.2 Å². The molecule has 1 fully saturated rings. The first-order chi connectivity index (χ1) is 11.6. The van der Waals surface area contributed by atoms with E-state index in [1.54, 1.807) is 0 Å². The molecule has 0 aromatic heterocycles. The number of rotatable bonds is 13. The molecule has 4 heteroatoms. The first-order valence-electron chi connectivity index (χ1n) is 10.4. The maximum Gasteiger partial charge on any atom is 0.250 e. The summed E-state index contributed by atoms with van der Waals surface area (Å²) in [5.41, 5.74) is 6.05. The predicted molar refractivity (Wildman–Crippen MR) is 101 cm³/mol. The second kappa shape index (κ2) is 13.7. The van der Waals surface area contributed by atoms with Crippen LogP contribution in [0.1, 0.15) is 96.8 Å². The van der Waals surface area contributed by atoms with Gasteiger partial charge in [0.1, 0.15) is 6.10 Å². The smallest absolute Gasteiger partial charge is 0.250 e. The third-order valence-electron chi connectivity index (χ3n) is 5.33. The number of nitrogens with two attached hydrogens (primary N) is 1. The van der Waals surface area contributed by atoms with Crippen LogP contribution in [0, 0.1) is 5.92 Å². The maximum absolute atomic E-state index is 12.0. The van der Waals surface area contributed by atoms with Crippen molar-refractivity contribution in [2.75, 3.05) is 6.54 Å². The molecule has 1 amide bonds. The molecule has 0 unspecified atom stereocenters. The van der Waals surface area contributed by atoms with Gasteiger partial charge >= 0.3 is 0 Å². The molecule has 0 radical (unpaired) electrons. The molecule has 0 aromatic carbocycles. The van der Waals surface area contributed by atoms with Crippen LogP contribution in [0.25, 0.3) is 0 Å². The summed E-state index contributed by atoms with van der Waals surface area (Å²) in [5, 5.41) is 12.9. The second-order valence-corrected chi connectivity index (χ2v) is 7.61. The van der Waals surface area contributed by atoms with E-state index in [-0.39, 0.29) is 5.91 Å². The Hall–Kier alpha value is -0.610. The van der Waals surface area contributed by atoms with E-state index in [1.807, 2.05) is 0 Å². The van der Waals surface area contributed by atoms with E-state index in [9.17, 15) is 9.90 Å². The summed E-state index contributed by atoms with van der Waals surface area (Å²) in [6.45, 7) is 2.89. The second-order valence-electron chi connectivity index (χ2n) is 7.61. The lowest BCUT2D eigenvalue weighted by Gasteiger charge is -2.26. The summed E-state index contributed by atoms with van der Waals surface area (Å²) in [6.07, 6.45) is 15.9. The number of aliphatic hydroxyl groups excluding tert-OH is 1. The molecule has 0 aliphatic heterocycles. The van der Waals surface area contributed by atoms with E-state index in [4.69, 9.17) is 5.73 Å². The average molecular weight is 341 g/mol. The first-order valence-corrected chi connectivity index (χ1v) is 10.4. The van der Waals surface area contributed by atoms with Crippen LogP contribution in [0.3, 0.4) is 0 Å². The molecule has 0 aromatic rings. The molecule has 4 N–H and O–H groups in total. The molecule has 0 spiro atoms. The van der Waals surface area contributed by atoms with Crippen molar-refractivity contribution >= 4 is 5.91 Å². The number of hydrogen-bond donors (Lipinski definition) is 3. The van der Waals surface area contributed by atoms with Crippen LogP contribution >= 0.6 is 0 Å². The van der Waals surface area contributed by atoms with Crippen LogP contribution in [-0.4, -0.2) is 29.7 Å². The number of carbonyl (C=O) groups excluding carboxylic acids is 1. The quantitative estimate of drug-likeness (QED) is 0.445. The van der Waals surface area contributed by atoms with Crippen molar-refractivity contribution in [3.63, 3.8) is 0 Å². The van der Waals surface area contributed by atoms with Gasteiger partial charge in [0.2, 0.25) is 5.91 Å². The zero-order valence-electron chi connectivity index (χ0n) is 15.8. The third kappa shape index (κ3) is 9.63. The number of unbranched alkanes of at least 4 members (excludes halogenated alkanes) is 7. The van der Waals surface area contributed by atoms with E-state index >= 15 is 0 Å². The van der Waals surface area contributed by atoms with Crippen LogP contribution in [0.5, 0.6) is 0 Å². The van der Waals surface area contributed by atoms with Gasteiger partial charge in [-0.05, 0) is 18.8 Å². The van der Waals surface area contributed by atoms with Gasteiger partial charge in [-0.25, -0.2) is 0 Å². The lowest BCUT2D eigenvalue weighted by Crippen LogP contribution is -2.47. The topological polar surface area (TPSA) is 75.3 Å². The van der Waals surface area contributed by atoms with Crippen molar-refractivity contribution in [1.82, 2.24) is 5.32 Å². The van der Waals surface area contributed by atoms with Gasteiger partial charge < -0.3 is 16.2 Å².